The van der Waals surface area contributed by atoms with Gasteiger partial charge >= 0.3 is 0 Å². The maximum Gasteiger partial charge on any atom is 0.269 e. The molecule has 1 saturated heterocycles. The number of hydrogen-bond donors (Lipinski definition) is 4. The summed E-state index contributed by atoms with van der Waals surface area (Å²) in [5, 5.41) is 18.2. The van der Waals surface area contributed by atoms with Crippen LogP contribution in [0.4, 0.5) is 39.3 Å². The second kappa shape index (κ2) is 8.37. The number of nitrogens with one attached hydrogen (secondary N) is 3. The standard InChI is InChI=1S/C22H23FN8O3/c1-22(2)20(33)29-19-15(34-22)4-5-16(28-19)27-18-14(23)10-25-21(30-18)26-12-3-6-17(24-9-12)31-8-7-13(32)11-31/h3-6,9-10,13,32H,7-8,11H2,1-2H3,(H3,25,26,27,28,29,30,33). The van der Waals surface area contributed by atoms with E-state index in [1.54, 1.807) is 32.2 Å². The van der Waals surface area contributed by atoms with E-state index in [1.807, 2.05) is 17.0 Å². The summed E-state index contributed by atoms with van der Waals surface area (Å²) in [6, 6.07) is 6.87. The first-order valence-electron chi connectivity index (χ1n) is 10.7. The number of fused-ring (bicyclic) bond motifs is 1. The van der Waals surface area contributed by atoms with Crippen molar-refractivity contribution in [2.75, 3.05) is 33.9 Å². The summed E-state index contributed by atoms with van der Waals surface area (Å²) < 4.78 is 20.0. The van der Waals surface area contributed by atoms with Gasteiger partial charge in [0.05, 0.1) is 24.2 Å². The number of ether oxygens (including phenoxy) is 1. The molecule has 0 spiro atoms. The number of hydrogen-bond acceptors (Lipinski definition) is 10. The predicted octanol–water partition coefficient (Wildman–Crippen LogP) is 2.57. The lowest BCUT2D eigenvalue weighted by Gasteiger charge is -2.30. The topological polar surface area (TPSA) is 137 Å². The first kappa shape index (κ1) is 21.8. The number of anilines is 6. The van der Waals surface area contributed by atoms with E-state index in [1.165, 1.54) is 0 Å². The Hall–Kier alpha value is -4.06. The van der Waals surface area contributed by atoms with Crippen molar-refractivity contribution in [2.45, 2.75) is 32.0 Å². The van der Waals surface area contributed by atoms with Gasteiger partial charge in [0.25, 0.3) is 5.91 Å². The number of carbonyl (C=O) groups is 1. The van der Waals surface area contributed by atoms with E-state index in [4.69, 9.17) is 4.74 Å². The molecule has 0 radical (unpaired) electrons. The zero-order valence-electron chi connectivity index (χ0n) is 18.5. The Labute approximate surface area is 194 Å². The average molecular weight is 466 g/mol. The Kier molecular flexibility index (Phi) is 5.36. The van der Waals surface area contributed by atoms with Crippen LogP contribution in [0.3, 0.4) is 0 Å². The molecule has 1 atom stereocenters. The number of pyridine rings is 2. The molecule has 0 aromatic carbocycles. The second-order valence-corrected chi connectivity index (χ2v) is 8.54. The number of aliphatic hydroxyl groups is 1. The Morgan fingerprint density at radius 1 is 1.18 bits per heavy atom. The molecular formula is C22H23FN8O3. The van der Waals surface area contributed by atoms with Crippen LogP contribution in [0.15, 0.2) is 36.7 Å². The van der Waals surface area contributed by atoms with Crippen LogP contribution in [-0.4, -0.2) is 55.7 Å². The van der Waals surface area contributed by atoms with Crippen molar-refractivity contribution in [3.63, 3.8) is 0 Å². The minimum Gasteiger partial charge on any atom is -0.474 e. The molecule has 5 rings (SSSR count). The molecule has 0 saturated carbocycles. The SMILES string of the molecule is CC1(C)Oc2ccc(Nc3nc(Nc4ccc(N5CCC(O)C5)nc4)ncc3F)nc2NC1=O. The van der Waals surface area contributed by atoms with E-state index in [2.05, 4.69) is 35.9 Å². The van der Waals surface area contributed by atoms with E-state index < -0.39 is 11.4 Å². The van der Waals surface area contributed by atoms with Gasteiger partial charge in [-0.05, 0) is 44.5 Å². The first-order valence-corrected chi connectivity index (χ1v) is 10.7. The molecule has 2 aliphatic heterocycles. The third-order valence-corrected chi connectivity index (χ3v) is 5.48. The smallest absolute Gasteiger partial charge is 0.269 e. The Bertz CT molecular complexity index is 1240. The van der Waals surface area contributed by atoms with Gasteiger partial charge in [0, 0.05) is 13.1 Å². The number of carbonyl (C=O) groups excluding carboxylic acids is 1. The summed E-state index contributed by atoms with van der Waals surface area (Å²) in [6.07, 6.45) is 3.04. The lowest BCUT2D eigenvalue weighted by molar-refractivity contribution is -0.129. The van der Waals surface area contributed by atoms with E-state index in [-0.39, 0.29) is 35.4 Å². The van der Waals surface area contributed by atoms with Crippen LogP contribution in [0.2, 0.25) is 0 Å². The lowest BCUT2D eigenvalue weighted by atomic mass is 10.1. The average Bonchev–Trinajstić information content (AvgIpc) is 3.24. The number of aromatic nitrogens is 4. The molecule has 3 aromatic heterocycles. The highest BCUT2D eigenvalue weighted by Crippen LogP contribution is 2.33. The van der Waals surface area contributed by atoms with Crippen molar-refractivity contribution in [1.82, 2.24) is 19.9 Å². The molecule has 4 N–H and O–H groups in total. The van der Waals surface area contributed by atoms with Crippen molar-refractivity contribution in [3.8, 4) is 5.75 Å². The Morgan fingerprint density at radius 3 is 2.76 bits per heavy atom. The molecule has 3 aromatic rings. The van der Waals surface area contributed by atoms with E-state index in [0.717, 1.165) is 25.0 Å². The summed E-state index contributed by atoms with van der Waals surface area (Å²) >= 11 is 0. The fraction of sp³-hybridized carbons (Fsp3) is 0.318. The summed E-state index contributed by atoms with van der Waals surface area (Å²) in [4.78, 5) is 31.0. The zero-order chi connectivity index (χ0) is 23.9. The summed E-state index contributed by atoms with van der Waals surface area (Å²) in [5.41, 5.74) is -0.387. The molecule has 1 fully saturated rings. The largest absolute Gasteiger partial charge is 0.474 e. The van der Waals surface area contributed by atoms with Crippen LogP contribution in [0.1, 0.15) is 20.3 Å². The minimum absolute atomic E-state index is 0.0935. The van der Waals surface area contributed by atoms with Crippen LogP contribution in [-0.2, 0) is 4.79 Å². The zero-order valence-corrected chi connectivity index (χ0v) is 18.5. The third kappa shape index (κ3) is 4.39. The molecule has 5 heterocycles. The lowest BCUT2D eigenvalue weighted by Crippen LogP contribution is -2.46. The fourth-order valence-corrected chi connectivity index (χ4v) is 3.63. The van der Waals surface area contributed by atoms with E-state index >= 15 is 0 Å². The van der Waals surface area contributed by atoms with Gasteiger partial charge < -0.3 is 30.7 Å². The molecule has 1 unspecified atom stereocenters. The molecule has 34 heavy (non-hydrogen) atoms. The molecule has 0 aliphatic carbocycles. The van der Waals surface area contributed by atoms with Gasteiger partial charge in [-0.2, -0.15) is 4.98 Å². The van der Waals surface area contributed by atoms with Crippen molar-refractivity contribution in [2.24, 2.45) is 0 Å². The van der Waals surface area contributed by atoms with Gasteiger partial charge in [-0.1, -0.05) is 0 Å². The van der Waals surface area contributed by atoms with Crippen LogP contribution in [0.25, 0.3) is 0 Å². The number of amides is 1. The maximum atomic E-state index is 14.4. The number of nitrogens with zero attached hydrogens (tertiary/aromatic N) is 5. The van der Waals surface area contributed by atoms with Crippen LogP contribution in [0.5, 0.6) is 5.75 Å². The van der Waals surface area contributed by atoms with Gasteiger partial charge in [-0.3, -0.25) is 4.79 Å². The van der Waals surface area contributed by atoms with Crippen LogP contribution in [0, 0.1) is 5.82 Å². The van der Waals surface area contributed by atoms with E-state index in [0.29, 0.717) is 18.0 Å². The minimum atomic E-state index is -1.01. The third-order valence-electron chi connectivity index (χ3n) is 5.48. The molecule has 12 heteroatoms. The van der Waals surface area contributed by atoms with Crippen molar-refractivity contribution < 1.29 is 19.0 Å². The van der Waals surface area contributed by atoms with Crippen LogP contribution < -0.4 is 25.6 Å². The highest BCUT2D eigenvalue weighted by Gasteiger charge is 2.36. The quantitative estimate of drug-likeness (QED) is 0.444. The van der Waals surface area contributed by atoms with Crippen molar-refractivity contribution >= 4 is 40.8 Å². The fourth-order valence-electron chi connectivity index (χ4n) is 3.63. The van der Waals surface area contributed by atoms with Crippen molar-refractivity contribution in [3.05, 3.63) is 42.5 Å². The predicted molar refractivity (Wildman–Crippen MR) is 123 cm³/mol. The highest BCUT2D eigenvalue weighted by molar-refractivity contribution is 5.99. The normalized spacial score (nSPS) is 18.6. The monoisotopic (exact) mass is 466 g/mol. The van der Waals surface area contributed by atoms with Gasteiger partial charge in [0.15, 0.2) is 28.8 Å². The maximum absolute atomic E-state index is 14.4. The molecule has 11 nitrogen and oxygen atoms in total. The molecular weight excluding hydrogens is 443 g/mol. The number of β-amino-alcohol motifs (C(OH)–C–C–N with tert-alkyl or cyclic N) is 1. The number of halogens is 1. The number of rotatable bonds is 5. The summed E-state index contributed by atoms with van der Waals surface area (Å²) in [6.45, 7) is 4.62. The second-order valence-electron chi connectivity index (χ2n) is 8.54. The Balaban J connectivity index is 1.30. The number of aliphatic hydroxyl groups excluding tert-OH is 1. The molecule has 2 aliphatic rings. The van der Waals surface area contributed by atoms with Crippen LogP contribution >= 0.6 is 0 Å². The molecule has 1 amide bonds. The molecule has 176 valence electrons. The summed E-state index contributed by atoms with van der Waals surface area (Å²) in [7, 11) is 0. The van der Waals surface area contributed by atoms with Gasteiger partial charge in [-0.25, -0.2) is 19.3 Å². The van der Waals surface area contributed by atoms with Gasteiger partial charge in [0.2, 0.25) is 5.95 Å². The summed E-state index contributed by atoms with van der Waals surface area (Å²) in [5.74, 6) is 0.749. The van der Waals surface area contributed by atoms with Gasteiger partial charge in [0.1, 0.15) is 11.6 Å². The van der Waals surface area contributed by atoms with E-state index in [9.17, 15) is 14.3 Å². The highest BCUT2D eigenvalue weighted by atomic mass is 19.1. The first-order chi connectivity index (χ1) is 16.3. The Morgan fingerprint density at radius 2 is 2.03 bits per heavy atom. The van der Waals surface area contributed by atoms with Crippen molar-refractivity contribution in [1.29, 1.82) is 0 Å². The van der Waals surface area contributed by atoms with Gasteiger partial charge in [-0.15, -0.1) is 0 Å². The molecule has 0 bridgehead atoms.